The molecule has 3 N–H and O–H groups in total. The van der Waals surface area contributed by atoms with Gasteiger partial charge >= 0.3 is 5.97 Å². The SMILES string of the molecule is CC.O=C(O)CCC/C=C\C[C@@H]1[C@@H](CC[C@H](O)C2Cc3ccccc3C2)[C@@H](F)C[C@@H]1O.[Pr]. The van der Waals surface area contributed by atoms with Gasteiger partial charge in [0.25, 0.3) is 0 Å². The van der Waals surface area contributed by atoms with Gasteiger partial charge in [0, 0.05) is 54.1 Å². The number of aliphatic carboxylic acids is 1. The molecule has 3 rings (SSSR count). The van der Waals surface area contributed by atoms with Gasteiger partial charge in [-0.1, -0.05) is 50.3 Å². The van der Waals surface area contributed by atoms with E-state index in [0.717, 1.165) is 12.8 Å². The normalized spacial score (nSPS) is 25.7. The number of hydrogen-bond acceptors (Lipinski definition) is 3. The number of rotatable bonds is 10. The Morgan fingerprint density at radius 3 is 2.38 bits per heavy atom. The molecule has 6 heteroatoms. The Labute approximate surface area is 225 Å². The first-order valence-electron chi connectivity index (χ1n) is 11.9. The van der Waals surface area contributed by atoms with E-state index in [2.05, 4.69) is 12.1 Å². The standard InChI is InChI=1S/C24H33FO4.C2H6.Pr/c25-21-15-23(27)20(9-3-1-2-4-10-24(28)29)19(21)11-12-22(26)18-13-16-7-5-6-8-17(16)14-18;1-2;/h1,3,5-8,18-23,26-27H,2,4,9-15H2,(H,28,29);1-2H3;/b3-1-;;/t19-,20-,21+,22+,23+;;/m1../s1. The summed E-state index contributed by atoms with van der Waals surface area (Å²) in [4.78, 5) is 10.5. The minimum atomic E-state index is -1.02. The third-order valence-corrected chi connectivity index (χ3v) is 6.73. The van der Waals surface area contributed by atoms with Gasteiger partial charge in [-0.3, -0.25) is 4.79 Å². The minimum absolute atomic E-state index is 0. The molecule has 32 heavy (non-hydrogen) atoms. The quantitative estimate of drug-likeness (QED) is 0.268. The predicted octanol–water partition coefficient (Wildman–Crippen LogP) is 5.11. The van der Waals surface area contributed by atoms with E-state index in [4.69, 9.17) is 5.11 Å². The van der Waals surface area contributed by atoms with Gasteiger partial charge in [-0.25, -0.2) is 4.39 Å². The Bertz CT molecular complexity index is 686. The van der Waals surface area contributed by atoms with Crippen LogP contribution in [0.25, 0.3) is 0 Å². The molecule has 4 nitrogen and oxygen atoms in total. The Hall–Kier alpha value is -0.356. The largest absolute Gasteiger partial charge is 0.481 e. The van der Waals surface area contributed by atoms with Gasteiger partial charge in [0.1, 0.15) is 6.17 Å². The second-order valence-corrected chi connectivity index (χ2v) is 8.72. The third-order valence-electron chi connectivity index (χ3n) is 6.73. The number of hydrogen-bond donors (Lipinski definition) is 3. The van der Waals surface area contributed by atoms with Gasteiger partial charge in [-0.05, 0) is 73.8 Å². The zero-order valence-electron chi connectivity index (χ0n) is 19.5. The van der Waals surface area contributed by atoms with Crippen molar-refractivity contribution in [3.05, 3.63) is 47.5 Å². The molecule has 0 saturated heterocycles. The van der Waals surface area contributed by atoms with Crippen LogP contribution in [0.3, 0.4) is 0 Å². The molecule has 1 saturated carbocycles. The zero-order valence-corrected chi connectivity index (χ0v) is 23.2. The number of halogens is 1. The van der Waals surface area contributed by atoms with Crippen molar-refractivity contribution >= 4 is 5.97 Å². The molecule has 0 heterocycles. The Kier molecular flexibility index (Phi) is 14.4. The maximum absolute atomic E-state index is 14.5. The van der Waals surface area contributed by atoms with Crippen LogP contribution in [0.1, 0.15) is 69.9 Å². The molecule has 2 aliphatic carbocycles. The summed E-state index contributed by atoms with van der Waals surface area (Å²) in [7, 11) is 0. The van der Waals surface area contributed by atoms with Crippen molar-refractivity contribution in [1.82, 2.24) is 0 Å². The number of unbranched alkanes of at least 4 members (excludes halogenated alkanes) is 1. The van der Waals surface area contributed by atoms with Crippen LogP contribution in [0.5, 0.6) is 0 Å². The number of aliphatic hydroxyl groups excluding tert-OH is 2. The van der Waals surface area contributed by atoms with Crippen molar-refractivity contribution in [1.29, 1.82) is 0 Å². The summed E-state index contributed by atoms with van der Waals surface area (Å²) in [6, 6.07) is 8.29. The second-order valence-electron chi connectivity index (χ2n) is 8.72. The smallest absolute Gasteiger partial charge is 0.303 e. The second kappa shape index (κ2) is 15.5. The molecule has 177 valence electrons. The molecule has 2 aliphatic rings. The summed E-state index contributed by atoms with van der Waals surface area (Å²) in [5, 5.41) is 29.6. The maximum atomic E-state index is 14.5. The van der Waals surface area contributed by atoms with Gasteiger partial charge < -0.3 is 15.3 Å². The Balaban J connectivity index is 0.00000166. The summed E-state index contributed by atoms with van der Waals surface area (Å²) < 4.78 is 14.5. The number of allylic oxidation sites excluding steroid dienone is 2. The first-order valence-corrected chi connectivity index (χ1v) is 11.9. The van der Waals surface area contributed by atoms with Crippen molar-refractivity contribution in [2.45, 2.75) is 90.0 Å². The fraction of sp³-hybridized carbons (Fsp3) is 0.654. The number of carboxylic acids is 1. The van der Waals surface area contributed by atoms with Crippen LogP contribution in [-0.4, -0.2) is 39.7 Å². The summed E-state index contributed by atoms with van der Waals surface area (Å²) >= 11 is 0. The van der Waals surface area contributed by atoms with Crippen molar-refractivity contribution in [2.75, 3.05) is 0 Å². The average Bonchev–Trinajstić information content (AvgIpc) is 3.30. The predicted molar refractivity (Wildman–Crippen MR) is 122 cm³/mol. The van der Waals surface area contributed by atoms with Gasteiger partial charge in [0.15, 0.2) is 0 Å². The molecular weight excluding hydrogens is 536 g/mol. The van der Waals surface area contributed by atoms with Crippen molar-refractivity contribution in [3.63, 3.8) is 0 Å². The summed E-state index contributed by atoms with van der Waals surface area (Å²) in [5.41, 5.74) is 2.62. The molecule has 0 unspecified atom stereocenters. The van der Waals surface area contributed by atoms with Gasteiger partial charge in [-0.15, -0.1) is 0 Å². The van der Waals surface area contributed by atoms with Crippen molar-refractivity contribution in [3.8, 4) is 0 Å². The van der Waals surface area contributed by atoms with E-state index < -0.39 is 24.3 Å². The molecule has 1 aromatic carbocycles. The minimum Gasteiger partial charge on any atom is -0.481 e. The van der Waals surface area contributed by atoms with E-state index in [1.807, 2.05) is 38.1 Å². The number of carboxylic acid groups (broad SMARTS) is 1. The monoisotopic (exact) mass is 575 g/mol. The molecular formula is C26H39FO4Pr. The van der Waals surface area contributed by atoms with Crippen LogP contribution in [0, 0.1) is 59.0 Å². The first-order chi connectivity index (χ1) is 15.0. The van der Waals surface area contributed by atoms with Crippen molar-refractivity contribution < 1.29 is 65.8 Å². The molecule has 1 radical (unpaired) electrons. The molecule has 1 aromatic rings. The fourth-order valence-electron chi connectivity index (χ4n) is 5.07. The number of alkyl halides is 1. The summed E-state index contributed by atoms with van der Waals surface area (Å²) in [5.74, 6) is -0.959. The summed E-state index contributed by atoms with van der Waals surface area (Å²) in [6.07, 6.45) is 6.87. The van der Waals surface area contributed by atoms with Crippen molar-refractivity contribution in [2.24, 2.45) is 17.8 Å². The van der Waals surface area contributed by atoms with Gasteiger partial charge in [0.2, 0.25) is 0 Å². The molecule has 0 aliphatic heterocycles. The van der Waals surface area contributed by atoms with Crippen LogP contribution >= 0.6 is 0 Å². The Morgan fingerprint density at radius 1 is 1.16 bits per heavy atom. The van der Waals surface area contributed by atoms with E-state index in [0.29, 0.717) is 32.1 Å². The van der Waals surface area contributed by atoms with Gasteiger partial charge in [-0.2, -0.15) is 0 Å². The van der Waals surface area contributed by atoms with Crippen LogP contribution in [0.4, 0.5) is 4.39 Å². The first kappa shape index (κ1) is 29.7. The molecule has 5 atom stereocenters. The number of fused-ring (bicyclic) bond motifs is 1. The van der Waals surface area contributed by atoms with E-state index in [9.17, 15) is 19.4 Å². The number of benzene rings is 1. The number of carbonyl (C=O) groups is 1. The van der Waals surface area contributed by atoms with E-state index >= 15 is 0 Å². The van der Waals surface area contributed by atoms with Gasteiger partial charge in [0.05, 0.1) is 12.2 Å². The molecule has 1 fully saturated rings. The molecule has 0 amide bonds. The van der Waals surface area contributed by atoms with Crippen LogP contribution < -0.4 is 0 Å². The molecule has 0 spiro atoms. The molecule has 0 bridgehead atoms. The topological polar surface area (TPSA) is 77.8 Å². The van der Waals surface area contributed by atoms with E-state index in [-0.39, 0.29) is 71.9 Å². The maximum Gasteiger partial charge on any atom is 0.303 e. The zero-order chi connectivity index (χ0) is 22.8. The van der Waals surface area contributed by atoms with Crippen LogP contribution in [0.15, 0.2) is 36.4 Å². The number of aliphatic hydroxyl groups is 2. The molecule has 0 aromatic heterocycles. The fourth-order valence-corrected chi connectivity index (χ4v) is 5.07. The van der Waals surface area contributed by atoms with E-state index in [1.54, 1.807) is 0 Å². The Morgan fingerprint density at radius 2 is 1.78 bits per heavy atom. The average molecular weight is 576 g/mol. The van der Waals surface area contributed by atoms with Crippen LogP contribution in [0.2, 0.25) is 0 Å². The van der Waals surface area contributed by atoms with Crippen LogP contribution in [-0.2, 0) is 17.6 Å². The summed E-state index contributed by atoms with van der Waals surface area (Å²) in [6.45, 7) is 4.00. The van der Waals surface area contributed by atoms with E-state index in [1.165, 1.54) is 11.1 Å². The third kappa shape index (κ3) is 8.78.